The van der Waals surface area contributed by atoms with Crippen LogP contribution in [0.15, 0.2) is 12.3 Å². The van der Waals surface area contributed by atoms with Gasteiger partial charge in [0.05, 0.1) is 0 Å². The molecule has 8 heavy (non-hydrogen) atoms. The molecule has 0 aromatic rings. The fraction of sp³-hybridized carbons (Fsp3) is 0. The van der Waals surface area contributed by atoms with Crippen LogP contribution in [0.4, 0.5) is 0 Å². The van der Waals surface area contributed by atoms with E-state index in [0.29, 0.717) is 0 Å². The van der Waals surface area contributed by atoms with Crippen molar-refractivity contribution in [3.8, 4) is 0 Å². The zero-order valence-corrected chi connectivity index (χ0v) is 5.39. The Hall–Kier alpha value is -0.446. The first-order valence-corrected chi connectivity index (χ1v) is 2.40. The molecule has 0 spiro atoms. The van der Waals surface area contributed by atoms with Gasteiger partial charge in [0.15, 0.2) is 0 Å². The Morgan fingerprint density at radius 2 is 2.25 bits per heavy atom. The van der Waals surface area contributed by atoms with Crippen LogP contribution in [0.5, 0.6) is 0 Å². The van der Waals surface area contributed by atoms with E-state index < -0.39 is 4.92 Å². The second-order valence-electron chi connectivity index (χ2n) is 1.09. The Morgan fingerprint density at radius 3 is 2.25 bits per heavy atom. The molecule has 0 rings (SSSR count). The fourth-order valence-electron chi connectivity index (χ4n) is 0.0935. The molecule has 2 N–H and O–H groups in total. The summed E-state index contributed by atoms with van der Waals surface area (Å²) in [7, 11) is 0. The van der Waals surface area contributed by atoms with Gasteiger partial charge in [-0.25, -0.2) is 0 Å². The Kier molecular flexibility index (Phi) is 2.61. The first-order valence-electron chi connectivity index (χ1n) is 1.70. The zero-order valence-electron chi connectivity index (χ0n) is 4.00. The molecule has 0 saturated heterocycles. The molecular formula is C3H4N2O2V. The van der Waals surface area contributed by atoms with Gasteiger partial charge in [0.1, 0.15) is 0 Å². The summed E-state index contributed by atoms with van der Waals surface area (Å²) in [6.45, 7) is 3.08. The summed E-state index contributed by atoms with van der Waals surface area (Å²) >= 11 is 1.85. The second kappa shape index (κ2) is 2.76. The van der Waals surface area contributed by atoms with Crippen LogP contribution in [-0.4, -0.2) is 9.27 Å². The van der Waals surface area contributed by atoms with E-state index in [1.807, 2.05) is 17.0 Å². The van der Waals surface area contributed by atoms with Crippen molar-refractivity contribution in [2.45, 2.75) is 0 Å². The van der Waals surface area contributed by atoms with E-state index in [4.69, 9.17) is 5.73 Å². The van der Waals surface area contributed by atoms with Crippen LogP contribution in [0.3, 0.4) is 0 Å². The summed E-state index contributed by atoms with van der Waals surface area (Å²) in [5.41, 5.74) is 4.73. The third-order valence-corrected chi connectivity index (χ3v) is 0.919. The molecule has 0 heterocycles. The first kappa shape index (κ1) is 7.55. The molecule has 0 radical (unpaired) electrons. The number of hydrogen-bond donors (Lipinski definition) is 1. The van der Waals surface area contributed by atoms with E-state index in [9.17, 15) is 10.1 Å². The van der Waals surface area contributed by atoms with Crippen LogP contribution in [0.2, 0.25) is 0 Å². The molecular weight excluding hydrogens is 147 g/mol. The molecule has 0 aliphatic rings. The van der Waals surface area contributed by atoms with Gasteiger partial charge in [-0.3, -0.25) is 0 Å². The second-order valence-corrected chi connectivity index (χ2v) is 1.84. The predicted octanol–water partition coefficient (Wildman–Crippen LogP) is -0.588. The molecule has 0 amide bonds. The fourth-order valence-corrected chi connectivity index (χ4v) is 0.221. The normalized spacial score (nSPS) is 8.00. The first-order chi connectivity index (χ1) is 3.55. The molecule has 0 fully saturated rings. The van der Waals surface area contributed by atoms with Gasteiger partial charge in [-0.1, -0.05) is 0 Å². The van der Waals surface area contributed by atoms with E-state index in [1.165, 1.54) is 0 Å². The molecule has 0 aliphatic carbocycles. The number of nitrogens with zero attached hydrogens (tertiary/aromatic N) is 1. The maximum absolute atomic E-state index is 9.74. The molecule has 5 heteroatoms. The minimum absolute atomic E-state index is 0.0856. The van der Waals surface area contributed by atoms with Gasteiger partial charge in [0, 0.05) is 0 Å². The molecule has 0 unspecified atom stereocenters. The van der Waals surface area contributed by atoms with Crippen LogP contribution < -0.4 is 5.73 Å². The topological polar surface area (TPSA) is 69.2 Å². The number of hydrogen-bond acceptors (Lipinski definition) is 3. The van der Waals surface area contributed by atoms with Gasteiger partial charge in [-0.15, -0.1) is 0 Å². The Balaban J connectivity index is 4.05. The third kappa shape index (κ3) is 2.02. The van der Waals surface area contributed by atoms with Gasteiger partial charge < -0.3 is 0 Å². The predicted molar refractivity (Wildman–Crippen MR) is 25.3 cm³/mol. The van der Waals surface area contributed by atoms with Crippen LogP contribution in [0, 0.1) is 10.1 Å². The van der Waals surface area contributed by atoms with E-state index in [0.717, 1.165) is 0 Å². The quantitative estimate of drug-likeness (QED) is 0.423. The maximum atomic E-state index is 9.74. The Bertz CT molecular complexity index is 137. The van der Waals surface area contributed by atoms with E-state index in [-0.39, 0.29) is 10.0 Å². The van der Waals surface area contributed by atoms with Crippen molar-refractivity contribution in [3.63, 3.8) is 0 Å². The summed E-state index contributed by atoms with van der Waals surface area (Å²) in [4.78, 5) is 9.10. The van der Waals surface area contributed by atoms with Crippen molar-refractivity contribution >= 4 is 4.35 Å². The van der Waals surface area contributed by atoms with Crippen LogP contribution in [0.1, 0.15) is 0 Å². The average molecular weight is 151 g/mol. The van der Waals surface area contributed by atoms with Gasteiger partial charge >= 0.3 is 54.4 Å². The summed E-state index contributed by atoms with van der Waals surface area (Å²) in [5, 5.41) is 9.74. The van der Waals surface area contributed by atoms with E-state index in [1.54, 1.807) is 0 Å². The summed E-state index contributed by atoms with van der Waals surface area (Å²) in [5.74, 6) is 0. The molecule has 0 atom stereocenters. The molecule has 43 valence electrons. The summed E-state index contributed by atoms with van der Waals surface area (Å²) < 4.78 is 0.0856. The van der Waals surface area contributed by atoms with Crippen molar-refractivity contribution < 1.29 is 21.9 Å². The Morgan fingerprint density at radius 1 is 1.88 bits per heavy atom. The monoisotopic (exact) mass is 151 g/mol. The average Bonchev–Trinajstić information content (AvgIpc) is 1.64. The summed E-state index contributed by atoms with van der Waals surface area (Å²) in [6.07, 6.45) is 0. The van der Waals surface area contributed by atoms with Crippen molar-refractivity contribution in [2.24, 2.45) is 5.73 Å². The van der Waals surface area contributed by atoms with E-state index in [2.05, 4.69) is 6.58 Å². The minimum atomic E-state index is -0.631. The Labute approximate surface area is 55.0 Å². The van der Waals surface area contributed by atoms with Crippen LogP contribution in [0.25, 0.3) is 0 Å². The molecule has 0 aromatic carbocycles. The zero-order chi connectivity index (χ0) is 6.73. The van der Waals surface area contributed by atoms with Crippen molar-refractivity contribution in [2.75, 3.05) is 0 Å². The molecule has 0 aromatic heterocycles. The molecule has 0 bridgehead atoms. The molecule has 0 saturated carbocycles. The number of nitrogens with two attached hydrogens (primary N) is 1. The van der Waals surface area contributed by atoms with Crippen molar-refractivity contribution in [3.05, 3.63) is 22.4 Å². The van der Waals surface area contributed by atoms with Crippen molar-refractivity contribution in [1.82, 2.24) is 0 Å². The standard InChI is InChI=1S/C3H4N2O2.V/c1-3(2-4)5(6)7;/h1,4H2;. The summed E-state index contributed by atoms with van der Waals surface area (Å²) in [6, 6.07) is 0. The number of rotatable bonds is 2. The number of nitro groups is 1. The van der Waals surface area contributed by atoms with Crippen LogP contribution >= 0.6 is 0 Å². The SMILES string of the molecule is C=C([C](N)=[V])[N+](=O)[O-]. The van der Waals surface area contributed by atoms with Crippen molar-refractivity contribution in [1.29, 1.82) is 0 Å². The van der Waals surface area contributed by atoms with Gasteiger partial charge in [0.25, 0.3) is 0 Å². The third-order valence-electron chi connectivity index (χ3n) is 0.516. The van der Waals surface area contributed by atoms with Gasteiger partial charge in [-0.2, -0.15) is 0 Å². The molecule has 0 aliphatic heterocycles. The molecule has 4 nitrogen and oxygen atoms in total. The van der Waals surface area contributed by atoms with Gasteiger partial charge in [-0.05, 0) is 0 Å². The van der Waals surface area contributed by atoms with Gasteiger partial charge in [0.2, 0.25) is 0 Å². The van der Waals surface area contributed by atoms with E-state index >= 15 is 0 Å². The van der Waals surface area contributed by atoms with Crippen LogP contribution in [-0.2, 0) is 17.0 Å².